The zero-order valence-electron chi connectivity index (χ0n) is 40.6. The van der Waals surface area contributed by atoms with Gasteiger partial charge in [0.1, 0.15) is 11.9 Å². The van der Waals surface area contributed by atoms with Crippen molar-refractivity contribution in [2.75, 3.05) is 0 Å². The Kier molecular flexibility index (Phi) is 8.37. The predicted molar refractivity (Wildman–Crippen MR) is 244 cm³/mol. The normalized spacial score (nSPS) is 52.1. The first kappa shape index (κ1) is 43.2. The fourth-order valence-electron chi connectivity index (χ4n) is 18.6. The third kappa shape index (κ3) is 4.61. The highest BCUT2D eigenvalue weighted by Crippen LogP contribution is 2.77. The predicted octanol–water partition coefficient (Wildman–Crippen LogP) is 10.5. The molecular formula is C56H72O8. The quantitative estimate of drug-likeness (QED) is 0.264. The Bertz CT molecular complexity index is 2510. The molecule has 8 heteroatoms. The minimum absolute atomic E-state index is 0.000684. The number of benzene rings is 1. The van der Waals surface area contributed by atoms with Crippen LogP contribution in [0.4, 0.5) is 0 Å². The lowest BCUT2D eigenvalue weighted by atomic mass is 9.33. The molecule has 0 spiro atoms. The highest BCUT2D eigenvalue weighted by Gasteiger charge is 2.73. The Morgan fingerprint density at radius 3 is 2.08 bits per heavy atom. The topological polar surface area (TPSA) is 127 Å². The lowest BCUT2D eigenvalue weighted by Gasteiger charge is -2.71. The first-order valence-corrected chi connectivity index (χ1v) is 24.9. The number of ketones is 4. The van der Waals surface area contributed by atoms with Gasteiger partial charge in [-0.25, -0.2) is 0 Å². The highest BCUT2D eigenvalue weighted by atomic mass is 16.7. The van der Waals surface area contributed by atoms with Crippen molar-refractivity contribution in [1.82, 2.24) is 0 Å². The van der Waals surface area contributed by atoms with Crippen LogP contribution >= 0.6 is 0 Å². The first-order chi connectivity index (χ1) is 29.6. The highest BCUT2D eigenvalue weighted by molar-refractivity contribution is 6.04. The molecule has 1 heterocycles. The number of carbonyl (C=O) groups is 4. The molecule has 10 aliphatic rings. The van der Waals surface area contributed by atoms with Crippen LogP contribution in [0.25, 0.3) is 0 Å². The van der Waals surface area contributed by atoms with Crippen LogP contribution in [-0.2, 0) is 19.8 Å². The summed E-state index contributed by atoms with van der Waals surface area (Å²) in [6.07, 6.45) is 14.7. The minimum Gasteiger partial charge on any atom is -0.471 e. The number of hydrogen-bond acceptors (Lipinski definition) is 8. The van der Waals surface area contributed by atoms with Crippen molar-refractivity contribution in [2.24, 2.45) is 67.5 Å². The van der Waals surface area contributed by atoms with E-state index in [0.717, 1.165) is 80.9 Å². The molecule has 1 aromatic rings. The number of allylic oxidation sites excluding steroid dienone is 3. The zero-order chi connectivity index (χ0) is 46.1. The van der Waals surface area contributed by atoms with Gasteiger partial charge in [0.2, 0.25) is 11.4 Å². The maximum atomic E-state index is 14.9. The molecule has 64 heavy (non-hydrogen) atoms. The Labute approximate surface area is 380 Å². The van der Waals surface area contributed by atoms with Gasteiger partial charge in [-0.2, -0.15) is 0 Å². The SMILES string of the molecule is Cc1c2c(cc3c1C(=O)CC1C3(C)CCC3(C)C4CC(C)C(=O)C(O)C4(C)CCC13C)OC1(O)C(=O)C=C3C(=CC=C4C3(C)CCC3(C)C5CC(C)C(=O)CC5(C)CCC43C)C1(C)O2. The number of rotatable bonds is 0. The maximum Gasteiger partial charge on any atom is 0.317 e. The van der Waals surface area contributed by atoms with E-state index in [1.807, 2.05) is 19.9 Å². The molecule has 344 valence electrons. The molecule has 8 nitrogen and oxygen atoms in total. The van der Waals surface area contributed by atoms with E-state index in [-0.39, 0.29) is 62.3 Å². The van der Waals surface area contributed by atoms with Crippen molar-refractivity contribution in [1.29, 1.82) is 0 Å². The standard InChI is InChI=1S/C56H72O8/c1-29-23-39-47(4,28-36(29)58)15-19-51(8)38-14-13-32-33(48(38,5)16-20-52(39,51)9)26-42(59)56(62)55(32,12)64-45-31(3)43-34(25-37(45)63-56)49(6)17-21-53(10)40-24-30(2)44(60)46(61)50(40,7)18-22-54(53,11)41(49)27-35(43)57/h13-14,25-26,29-30,39-41,46,61-62H,15-24,27-28H2,1-12H3. The molecular weight excluding hydrogens is 801 g/mol. The fourth-order valence-corrected chi connectivity index (χ4v) is 18.6. The molecule has 1 aromatic carbocycles. The van der Waals surface area contributed by atoms with Gasteiger partial charge in [-0.1, -0.05) is 87.0 Å². The second-order valence-electron chi connectivity index (χ2n) is 25.7. The van der Waals surface area contributed by atoms with Gasteiger partial charge in [-0.05, 0) is 152 Å². The lowest BCUT2D eigenvalue weighted by Crippen LogP contribution is -2.70. The number of fused-ring (bicyclic) bond motifs is 17. The van der Waals surface area contributed by atoms with E-state index in [2.05, 4.69) is 74.5 Å². The van der Waals surface area contributed by atoms with Crippen LogP contribution in [0, 0.1) is 74.4 Å². The van der Waals surface area contributed by atoms with Crippen molar-refractivity contribution >= 4 is 23.1 Å². The second kappa shape index (κ2) is 12.4. The molecule has 9 aliphatic carbocycles. The number of Topliss-reactive ketones (excluding diaryl/α,β-unsaturated/α-hetero) is 3. The van der Waals surface area contributed by atoms with Crippen molar-refractivity contribution < 1.29 is 38.9 Å². The molecule has 0 aromatic heterocycles. The molecule has 0 radical (unpaired) electrons. The molecule has 6 saturated carbocycles. The summed E-state index contributed by atoms with van der Waals surface area (Å²) in [5.41, 5.74) is 1.56. The average molecular weight is 873 g/mol. The smallest absolute Gasteiger partial charge is 0.317 e. The summed E-state index contributed by atoms with van der Waals surface area (Å²) in [5, 5.41) is 24.3. The lowest BCUT2D eigenvalue weighted by molar-refractivity contribution is -0.231. The fraction of sp³-hybridized carbons (Fsp3) is 0.714. The second-order valence-corrected chi connectivity index (χ2v) is 25.7. The molecule has 0 amide bonds. The van der Waals surface area contributed by atoms with Gasteiger partial charge in [-0.3, -0.25) is 19.2 Å². The van der Waals surface area contributed by atoms with Gasteiger partial charge in [0, 0.05) is 52.2 Å². The summed E-state index contributed by atoms with van der Waals surface area (Å²) in [7, 11) is 0. The molecule has 1 aliphatic heterocycles. The number of aliphatic hydroxyl groups is 2. The summed E-state index contributed by atoms with van der Waals surface area (Å²) in [6.45, 7) is 26.5. The molecule has 16 unspecified atom stereocenters. The van der Waals surface area contributed by atoms with Crippen molar-refractivity contribution in [3.8, 4) is 11.5 Å². The van der Waals surface area contributed by atoms with Crippen LogP contribution in [0.15, 0.2) is 41.0 Å². The van der Waals surface area contributed by atoms with E-state index in [0.29, 0.717) is 47.2 Å². The summed E-state index contributed by atoms with van der Waals surface area (Å²) in [5.74, 6) is -1.34. The van der Waals surface area contributed by atoms with Gasteiger partial charge in [0.15, 0.2) is 23.1 Å². The van der Waals surface area contributed by atoms with E-state index in [1.54, 1.807) is 13.0 Å². The number of hydrogen-bond donors (Lipinski definition) is 2. The van der Waals surface area contributed by atoms with Crippen LogP contribution in [0.1, 0.15) is 175 Å². The number of aliphatic hydroxyl groups excluding tert-OH is 1. The third-order valence-electron chi connectivity index (χ3n) is 23.2. The van der Waals surface area contributed by atoms with Gasteiger partial charge >= 0.3 is 5.79 Å². The summed E-state index contributed by atoms with van der Waals surface area (Å²) in [6, 6.07) is 1.92. The largest absolute Gasteiger partial charge is 0.471 e. The van der Waals surface area contributed by atoms with Crippen molar-refractivity contribution in [2.45, 2.75) is 183 Å². The van der Waals surface area contributed by atoms with Crippen molar-refractivity contribution in [3.05, 3.63) is 57.7 Å². The van der Waals surface area contributed by atoms with Gasteiger partial charge in [0.05, 0.1) is 0 Å². The Morgan fingerprint density at radius 2 is 1.36 bits per heavy atom. The van der Waals surface area contributed by atoms with Gasteiger partial charge in [0.25, 0.3) is 0 Å². The first-order valence-electron chi connectivity index (χ1n) is 24.9. The zero-order valence-corrected chi connectivity index (χ0v) is 40.6. The Balaban J connectivity index is 0.978. The van der Waals surface area contributed by atoms with E-state index < -0.39 is 39.5 Å². The summed E-state index contributed by atoms with van der Waals surface area (Å²) >= 11 is 0. The summed E-state index contributed by atoms with van der Waals surface area (Å²) in [4.78, 5) is 56.0. The van der Waals surface area contributed by atoms with Gasteiger partial charge < -0.3 is 19.7 Å². The number of ether oxygens (including phenoxy) is 2. The van der Waals surface area contributed by atoms with Crippen molar-refractivity contribution in [3.63, 3.8) is 0 Å². The Hall–Kier alpha value is -3.36. The molecule has 2 N–H and O–H groups in total. The molecule has 11 rings (SSSR count). The monoisotopic (exact) mass is 873 g/mol. The van der Waals surface area contributed by atoms with Crippen LogP contribution in [0.2, 0.25) is 0 Å². The molecule has 6 fully saturated rings. The van der Waals surface area contributed by atoms with Crippen LogP contribution in [0.3, 0.4) is 0 Å². The number of carbonyl (C=O) groups excluding carboxylic acids is 4. The van der Waals surface area contributed by atoms with Crippen LogP contribution in [-0.4, -0.2) is 50.8 Å². The third-order valence-corrected chi connectivity index (χ3v) is 23.2. The minimum atomic E-state index is -2.35. The molecule has 16 atom stereocenters. The molecule has 0 bridgehead atoms. The Morgan fingerprint density at radius 1 is 0.703 bits per heavy atom. The molecule has 0 saturated heterocycles. The van der Waals surface area contributed by atoms with Crippen LogP contribution < -0.4 is 9.47 Å². The van der Waals surface area contributed by atoms with E-state index in [1.165, 1.54) is 5.57 Å². The van der Waals surface area contributed by atoms with E-state index >= 15 is 0 Å². The maximum absolute atomic E-state index is 14.9. The summed E-state index contributed by atoms with van der Waals surface area (Å²) < 4.78 is 13.8. The average Bonchev–Trinajstić information content (AvgIpc) is 3.23. The van der Waals surface area contributed by atoms with E-state index in [4.69, 9.17) is 9.47 Å². The van der Waals surface area contributed by atoms with Crippen LogP contribution in [0.5, 0.6) is 11.5 Å². The van der Waals surface area contributed by atoms with Gasteiger partial charge in [-0.15, -0.1) is 0 Å². The van der Waals surface area contributed by atoms with E-state index in [9.17, 15) is 29.4 Å².